The molecule has 0 radical (unpaired) electrons. The number of alkyl halides is 1. The summed E-state index contributed by atoms with van der Waals surface area (Å²) in [6, 6.07) is 1.70. The van der Waals surface area contributed by atoms with Crippen LogP contribution < -0.4 is 5.32 Å². The van der Waals surface area contributed by atoms with Crippen molar-refractivity contribution in [3.05, 3.63) is 23.7 Å². The highest BCUT2D eigenvalue weighted by Gasteiger charge is 2.13. The van der Waals surface area contributed by atoms with Crippen molar-refractivity contribution in [2.24, 2.45) is 0 Å². The third-order valence-corrected chi connectivity index (χ3v) is 3.12. The first kappa shape index (κ1) is 14.3. The molecule has 0 fully saturated rings. The maximum absolute atomic E-state index is 11.8. The van der Waals surface area contributed by atoms with Gasteiger partial charge in [-0.15, -0.1) is 0 Å². The van der Waals surface area contributed by atoms with Crippen LogP contribution in [0.1, 0.15) is 29.5 Å². The maximum atomic E-state index is 11.8. The molecular formula is C12H18BrNO3. The van der Waals surface area contributed by atoms with E-state index in [4.69, 9.17) is 9.15 Å². The summed E-state index contributed by atoms with van der Waals surface area (Å²) in [5.74, 6) is 0.655. The van der Waals surface area contributed by atoms with Crippen LogP contribution in [0.15, 0.2) is 16.7 Å². The molecule has 0 saturated carbocycles. The van der Waals surface area contributed by atoms with E-state index in [1.165, 1.54) is 0 Å². The van der Waals surface area contributed by atoms with Gasteiger partial charge in [0.1, 0.15) is 5.76 Å². The molecule has 4 nitrogen and oxygen atoms in total. The number of carbonyl (C=O) groups excluding carboxylic acids is 1. The average Bonchev–Trinajstić information content (AvgIpc) is 2.77. The summed E-state index contributed by atoms with van der Waals surface area (Å²) in [4.78, 5) is 12.1. The molecule has 0 aliphatic heterocycles. The lowest BCUT2D eigenvalue weighted by atomic mass is 10.2. The molecule has 0 saturated heterocycles. The second kappa shape index (κ2) is 7.50. The fourth-order valence-electron chi connectivity index (χ4n) is 1.52. The van der Waals surface area contributed by atoms with Crippen LogP contribution in [0.2, 0.25) is 0 Å². The Morgan fingerprint density at radius 3 is 3.06 bits per heavy atom. The lowest BCUT2D eigenvalue weighted by Gasteiger charge is -2.09. The smallest absolute Gasteiger partial charge is 0.254 e. The molecule has 1 aromatic heterocycles. The summed E-state index contributed by atoms with van der Waals surface area (Å²) in [7, 11) is 1.66. The van der Waals surface area contributed by atoms with Crippen LogP contribution in [0, 0.1) is 0 Å². The van der Waals surface area contributed by atoms with Gasteiger partial charge >= 0.3 is 0 Å². The van der Waals surface area contributed by atoms with Gasteiger partial charge in [0.15, 0.2) is 0 Å². The number of carbonyl (C=O) groups is 1. The molecule has 0 aromatic carbocycles. The number of hydrogen-bond donors (Lipinski definition) is 1. The van der Waals surface area contributed by atoms with Gasteiger partial charge in [0.25, 0.3) is 5.91 Å². The topological polar surface area (TPSA) is 51.5 Å². The van der Waals surface area contributed by atoms with Crippen molar-refractivity contribution in [1.82, 2.24) is 5.32 Å². The zero-order chi connectivity index (χ0) is 12.7. The Hall–Kier alpha value is -0.810. The lowest BCUT2D eigenvalue weighted by molar-refractivity contribution is 0.0950. The zero-order valence-electron chi connectivity index (χ0n) is 10.2. The molecular weight excluding hydrogens is 286 g/mol. The molecule has 17 heavy (non-hydrogen) atoms. The second-order valence-corrected chi connectivity index (χ2v) is 5.00. The summed E-state index contributed by atoms with van der Waals surface area (Å²) in [5.41, 5.74) is 0.630. The third-order valence-electron chi connectivity index (χ3n) is 2.40. The van der Waals surface area contributed by atoms with Gasteiger partial charge in [-0.05, 0) is 12.5 Å². The van der Waals surface area contributed by atoms with Crippen LogP contribution in [0.3, 0.4) is 0 Å². The molecule has 1 rings (SSSR count). The predicted octanol–water partition coefficient (Wildman–Crippen LogP) is 2.37. The minimum Gasteiger partial charge on any atom is -0.469 e. The number of aryl methyl sites for hydroxylation is 1. The normalized spacial score (nSPS) is 12.4. The molecule has 0 aliphatic rings. The standard InChI is InChI=1S/C12H18BrNO3/c1-3-11-10(5-7-17-11)12(15)14-6-4-9(13)8-16-2/h5,7,9H,3-4,6,8H2,1-2H3,(H,14,15). The molecule has 1 atom stereocenters. The zero-order valence-corrected chi connectivity index (χ0v) is 11.7. The Labute approximate surface area is 110 Å². The number of furan rings is 1. The highest BCUT2D eigenvalue weighted by molar-refractivity contribution is 9.09. The molecule has 5 heteroatoms. The molecule has 1 amide bonds. The highest BCUT2D eigenvalue weighted by Crippen LogP contribution is 2.11. The van der Waals surface area contributed by atoms with Crippen LogP contribution in [-0.2, 0) is 11.2 Å². The Morgan fingerprint density at radius 1 is 1.65 bits per heavy atom. The molecule has 0 aliphatic carbocycles. The first-order chi connectivity index (χ1) is 8.19. The van der Waals surface area contributed by atoms with E-state index in [0.717, 1.165) is 18.6 Å². The first-order valence-electron chi connectivity index (χ1n) is 5.66. The molecule has 1 aromatic rings. The Bertz CT molecular complexity index is 351. The van der Waals surface area contributed by atoms with Gasteiger partial charge in [-0.3, -0.25) is 4.79 Å². The van der Waals surface area contributed by atoms with E-state index in [0.29, 0.717) is 18.7 Å². The van der Waals surface area contributed by atoms with E-state index in [2.05, 4.69) is 21.2 Å². The number of halogens is 1. The molecule has 1 unspecified atom stereocenters. The molecule has 1 heterocycles. The molecule has 96 valence electrons. The largest absolute Gasteiger partial charge is 0.469 e. The van der Waals surface area contributed by atoms with Crippen molar-refractivity contribution in [3.63, 3.8) is 0 Å². The molecule has 0 spiro atoms. The van der Waals surface area contributed by atoms with E-state index in [9.17, 15) is 4.79 Å². The fraction of sp³-hybridized carbons (Fsp3) is 0.583. The van der Waals surface area contributed by atoms with E-state index < -0.39 is 0 Å². The van der Waals surface area contributed by atoms with Crippen LogP contribution in [-0.4, -0.2) is 31.0 Å². The molecule has 1 N–H and O–H groups in total. The summed E-state index contributed by atoms with van der Waals surface area (Å²) in [6.45, 7) is 3.22. The number of amides is 1. The number of ether oxygens (including phenoxy) is 1. The van der Waals surface area contributed by atoms with Crippen molar-refractivity contribution in [2.75, 3.05) is 20.3 Å². The predicted molar refractivity (Wildman–Crippen MR) is 69.6 cm³/mol. The van der Waals surface area contributed by atoms with Crippen molar-refractivity contribution < 1.29 is 13.9 Å². The van der Waals surface area contributed by atoms with E-state index in [-0.39, 0.29) is 10.7 Å². The van der Waals surface area contributed by atoms with E-state index in [1.54, 1.807) is 19.4 Å². The third kappa shape index (κ3) is 4.52. The van der Waals surface area contributed by atoms with E-state index >= 15 is 0 Å². The number of nitrogens with one attached hydrogen (secondary N) is 1. The average molecular weight is 304 g/mol. The van der Waals surface area contributed by atoms with Crippen LogP contribution >= 0.6 is 15.9 Å². The molecule has 0 bridgehead atoms. The van der Waals surface area contributed by atoms with Crippen molar-refractivity contribution in [1.29, 1.82) is 0 Å². The second-order valence-electron chi connectivity index (χ2n) is 3.71. The van der Waals surface area contributed by atoms with Crippen LogP contribution in [0.4, 0.5) is 0 Å². The Balaban J connectivity index is 2.35. The SMILES string of the molecule is CCc1occc1C(=O)NCCC(Br)COC. The van der Waals surface area contributed by atoms with Crippen LogP contribution in [0.25, 0.3) is 0 Å². The number of methoxy groups -OCH3 is 1. The minimum atomic E-state index is -0.0762. The maximum Gasteiger partial charge on any atom is 0.254 e. The van der Waals surface area contributed by atoms with E-state index in [1.807, 2.05) is 6.92 Å². The first-order valence-corrected chi connectivity index (χ1v) is 6.58. The lowest BCUT2D eigenvalue weighted by Crippen LogP contribution is -2.27. The fourth-order valence-corrected chi connectivity index (χ4v) is 2.01. The van der Waals surface area contributed by atoms with Gasteiger partial charge in [-0.25, -0.2) is 0 Å². The summed E-state index contributed by atoms with van der Waals surface area (Å²) in [5, 5.41) is 2.86. The Morgan fingerprint density at radius 2 is 2.41 bits per heavy atom. The highest BCUT2D eigenvalue weighted by atomic mass is 79.9. The van der Waals surface area contributed by atoms with Crippen molar-refractivity contribution in [3.8, 4) is 0 Å². The Kier molecular flexibility index (Phi) is 6.29. The number of hydrogen-bond acceptors (Lipinski definition) is 3. The van der Waals surface area contributed by atoms with Gasteiger partial charge in [-0.2, -0.15) is 0 Å². The summed E-state index contributed by atoms with van der Waals surface area (Å²) < 4.78 is 10.2. The van der Waals surface area contributed by atoms with Gasteiger partial charge < -0.3 is 14.5 Å². The monoisotopic (exact) mass is 303 g/mol. The van der Waals surface area contributed by atoms with Gasteiger partial charge in [0, 0.05) is 24.9 Å². The summed E-state index contributed by atoms with van der Waals surface area (Å²) >= 11 is 3.47. The summed E-state index contributed by atoms with van der Waals surface area (Å²) in [6.07, 6.45) is 3.10. The number of rotatable bonds is 7. The van der Waals surface area contributed by atoms with Crippen LogP contribution in [0.5, 0.6) is 0 Å². The minimum absolute atomic E-state index is 0.0762. The van der Waals surface area contributed by atoms with Gasteiger partial charge in [-0.1, -0.05) is 22.9 Å². The van der Waals surface area contributed by atoms with Gasteiger partial charge in [0.2, 0.25) is 0 Å². The van der Waals surface area contributed by atoms with Gasteiger partial charge in [0.05, 0.1) is 18.4 Å². The quantitative estimate of drug-likeness (QED) is 0.787. The van der Waals surface area contributed by atoms with Crippen molar-refractivity contribution in [2.45, 2.75) is 24.6 Å². The van der Waals surface area contributed by atoms with Crippen molar-refractivity contribution >= 4 is 21.8 Å².